The molecule has 3 amide bonds. The van der Waals surface area contributed by atoms with Crippen LogP contribution in [-0.2, 0) is 11.2 Å². The number of anilines is 5. The zero-order valence-electron chi connectivity index (χ0n) is 38.0. The summed E-state index contributed by atoms with van der Waals surface area (Å²) < 4.78 is 18.1. The third-order valence-electron chi connectivity index (χ3n) is 16.3. The summed E-state index contributed by atoms with van der Waals surface area (Å²) in [5, 5.41) is 22.6. The number of nitrogen functional groups attached to an aromatic ring is 1. The normalized spacial score (nSPS) is 23.1. The molecule has 15 heteroatoms. The van der Waals surface area contributed by atoms with Gasteiger partial charge in [-0.1, -0.05) is 19.1 Å². The number of urea groups is 1. The summed E-state index contributed by atoms with van der Waals surface area (Å²) >= 11 is 0. The van der Waals surface area contributed by atoms with Gasteiger partial charge in [0.05, 0.1) is 29.0 Å². The van der Waals surface area contributed by atoms with E-state index in [-0.39, 0.29) is 35.6 Å². The summed E-state index contributed by atoms with van der Waals surface area (Å²) in [6.07, 6.45) is 16.8. The van der Waals surface area contributed by atoms with Gasteiger partial charge in [0.25, 0.3) is 0 Å². The van der Waals surface area contributed by atoms with E-state index in [0.717, 1.165) is 125 Å². The second kappa shape index (κ2) is 17.4. The molecule has 14 nitrogen and oxygen atoms in total. The number of phenolic OH excluding ortho intramolecular Hbond substituents is 1. The number of aryl methyl sites for hydroxylation is 1. The van der Waals surface area contributed by atoms with Crippen LogP contribution in [-0.4, -0.2) is 106 Å². The minimum Gasteiger partial charge on any atom is -0.507 e. The number of amides is 3. The Morgan fingerprint density at radius 2 is 1.58 bits per heavy atom. The monoisotopic (exact) mass is 896 g/mol. The molecule has 3 aromatic heterocycles. The van der Waals surface area contributed by atoms with Crippen LogP contribution in [0.15, 0.2) is 67.0 Å². The van der Waals surface area contributed by atoms with E-state index in [1.54, 1.807) is 29.3 Å². The Labute approximate surface area is 385 Å². The van der Waals surface area contributed by atoms with Gasteiger partial charge in [-0.25, -0.2) is 14.2 Å². The predicted octanol–water partition coefficient (Wildman–Crippen LogP) is 7.90. The number of nitrogens with one attached hydrogen (secondary N) is 1. The number of nitrogens with two attached hydrogens (primary N) is 1. The number of halogens is 1. The van der Waals surface area contributed by atoms with E-state index in [1.807, 2.05) is 24.3 Å². The second-order valence-corrected chi connectivity index (χ2v) is 20.0. The number of para-hydroxylation sites is 1. The number of nitrogens with zero attached hydrogens (tertiary/aromatic N) is 9. The lowest BCUT2D eigenvalue weighted by Crippen LogP contribution is -2.54. The van der Waals surface area contributed by atoms with Gasteiger partial charge in [0, 0.05) is 86.6 Å². The molecule has 8 heterocycles. The largest absolute Gasteiger partial charge is 0.507 e. The molecule has 1 aliphatic carbocycles. The summed E-state index contributed by atoms with van der Waals surface area (Å²) in [5.41, 5.74) is 13.7. The van der Waals surface area contributed by atoms with Gasteiger partial charge in [-0.3, -0.25) is 15.0 Å². The van der Waals surface area contributed by atoms with Gasteiger partial charge < -0.3 is 35.0 Å². The minimum atomic E-state index is -0.377. The number of hydrogen-bond acceptors (Lipinski definition) is 11. The zero-order chi connectivity index (χ0) is 45.1. The van der Waals surface area contributed by atoms with Crippen molar-refractivity contribution in [1.29, 1.82) is 0 Å². The molecule has 2 atom stereocenters. The number of hydrogen-bond donors (Lipinski definition) is 3. The number of benzene rings is 2. The van der Waals surface area contributed by atoms with Crippen molar-refractivity contribution < 1.29 is 19.1 Å². The van der Waals surface area contributed by atoms with Crippen molar-refractivity contribution in [3.8, 4) is 17.0 Å². The van der Waals surface area contributed by atoms with Crippen molar-refractivity contribution in [3.63, 3.8) is 0 Å². The number of aromatic nitrogens is 4. The molecule has 5 aromatic rings. The molecular weight excluding hydrogens is 834 g/mol. The lowest BCUT2D eigenvalue weighted by molar-refractivity contribution is -0.120. The molecular formula is C51H62FN11O3. The maximum atomic E-state index is 15.7. The van der Waals surface area contributed by atoms with Gasteiger partial charge in [-0.05, 0) is 143 Å². The first-order valence-electron chi connectivity index (χ1n) is 24.4. The maximum absolute atomic E-state index is 15.7. The first-order valence-corrected chi connectivity index (χ1v) is 24.4. The van der Waals surface area contributed by atoms with Crippen LogP contribution in [0.4, 0.5) is 37.8 Å². The summed E-state index contributed by atoms with van der Waals surface area (Å²) in [5.74, 6) is 0.792. The van der Waals surface area contributed by atoms with Gasteiger partial charge in [0.2, 0.25) is 5.91 Å². The Morgan fingerprint density at radius 1 is 0.818 bits per heavy atom. The van der Waals surface area contributed by atoms with Crippen molar-refractivity contribution in [3.05, 3.63) is 78.4 Å². The van der Waals surface area contributed by atoms with E-state index in [9.17, 15) is 14.7 Å². The average Bonchev–Trinajstić information content (AvgIpc) is 3.83. The highest BCUT2D eigenvalue weighted by Crippen LogP contribution is 2.49. The van der Waals surface area contributed by atoms with Crippen LogP contribution in [0.2, 0.25) is 0 Å². The molecule has 2 aromatic carbocycles. The molecule has 66 heavy (non-hydrogen) atoms. The number of imide groups is 1. The number of pyridine rings is 1. The van der Waals surface area contributed by atoms with Crippen molar-refractivity contribution >= 4 is 51.5 Å². The van der Waals surface area contributed by atoms with Crippen LogP contribution in [0.1, 0.15) is 89.2 Å². The predicted molar refractivity (Wildman–Crippen MR) is 257 cm³/mol. The molecule has 2 bridgehead atoms. The van der Waals surface area contributed by atoms with E-state index in [2.05, 4.69) is 64.9 Å². The number of carbonyl (C=O) groups is 2. The number of phenols is 1. The number of likely N-dealkylation sites (tertiary alicyclic amines) is 1. The van der Waals surface area contributed by atoms with Crippen molar-refractivity contribution in [2.45, 2.75) is 102 Å². The SMILES string of the molecule is CCc1cn(C2CCC3(CC2)CCN(CC2CCN(c4cc(N5C6CCC5CN(c5cc(-c7ccccc7O)nnc5N)C6)ccc4F)CC2)CC3)c2ncc(N3CCC(=O)NC3=O)cc12. The fourth-order valence-electron chi connectivity index (χ4n) is 12.5. The number of rotatable bonds is 9. The number of piperazine rings is 1. The molecule has 0 radical (unpaired) electrons. The van der Waals surface area contributed by atoms with Crippen LogP contribution >= 0.6 is 0 Å². The highest BCUT2D eigenvalue weighted by atomic mass is 19.1. The summed E-state index contributed by atoms with van der Waals surface area (Å²) in [7, 11) is 0. The van der Waals surface area contributed by atoms with Gasteiger partial charge in [0.1, 0.15) is 17.2 Å². The lowest BCUT2D eigenvalue weighted by Gasteiger charge is -2.47. The Bertz CT molecular complexity index is 2610. The molecule has 2 unspecified atom stereocenters. The van der Waals surface area contributed by atoms with Gasteiger partial charge >= 0.3 is 6.03 Å². The van der Waals surface area contributed by atoms with Gasteiger partial charge in [-0.15, -0.1) is 10.2 Å². The molecule has 5 saturated heterocycles. The fourth-order valence-corrected chi connectivity index (χ4v) is 12.5. The first-order chi connectivity index (χ1) is 32.1. The van der Waals surface area contributed by atoms with Crippen molar-refractivity contribution in [2.24, 2.45) is 11.3 Å². The molecule has 11 rings (SSSR count). The topological polar surface area (TPSA) is 152 Å². The number of carbonyl (C=O) groups excluding carboxylic acids is 2. The van der Waals surface area contributed by atoms with Crippen LogP contribution in [0, 0.1) is 17.2 Å². The molecule has 6 aliphatic rings. The summed E-state index contributed by atoms with van der Waals surface area (Å²) in [6.45, 7) is 9.30. The third kappa shape index (κ3) is 7.96. The minimum absolute atomic E-state index is 0.143. The fraction of sp³-hybridized carbons (Fsp3) is 0.510. The number of piperidine rings is 2. The highest BCUT2D eigenvalue weighted by Gasteiger charge is 2.42. The third-order valence-corrected chi connectivity index (χ3v) is 16.3. The molecule has 4 N–H and O–H groups in total. The van der Waals surface area contributed by atoms with E-state index in [0.29, 0.717) is 47.4 Å². The van der Waals surface area contributed by atoms with Crippen molar-refractivity contribution in [1.82, 2.24) is 30.0 Å². The van der Waals surface area contributed by atoms with E-state index < -0.39 is 0 Å². The van der Waals surface area contributed by atoms with E-state index in [4.69, 9.17) is 10.7 Å². The second-order valence-electron chi connectivity index (χ2n) is 20.0. The molecule has 6 fully saturated rings. The number of aromatic hydroxyl groups is 1. The Kier molecular flexibility index (Phi) is 11.2. The van der Waals surface area contributed by atoms with Gasteiger partial charge in [-0.2, -0.15) is 0 Å². The quantitative estimate of drug-likeness (QED) is 0.132. The Morgan fingerprint density at radius 3 is 2.30 bits per heavy atom. The van der Waals surface area contributed by atoms with Crippen LogP contribution < -0.4 is 30.7 Å². The average molecular weight is 896 g/mol. The first kappa shape index (κ1) is 42.7. The molecule has 5 aliphatic heterocycles. The maximum Gasteiger partial charge on any atom is 0.328 e. The molecule has 1 spiro atoms. The number of fused-ring (bicyclic) bond motifs is 3. The Hall–Kier alpha value is -5.96. The summed E-state index contributed by atoms with van der Waals surface area (Å²) in [6, 6.07) is 17.5. The Balaban J connectivity index is 0.671. The molecule has 346 valence electrons. The standard InChI is InChI=1S/C51H62FN11O3/c1-2-34-30-62(49-41(34)25-39(28-54-49)61-22-15-47(65)55-50(61)66)35-11-16-51(17-12-35)18-23-58(24-19-51)29-33-13-20-59(21-14-33)44-26-36(9-10-42(44)52)63-37-7-8-38(63)32-60(31-37)45-27-43(56-57-48(45)53)40-5-3-4-6-46(40)64/h3-6,9-10,25-28,30,33,35,37-38,64H,2,7-8,11-24,29,31-32H2,1H3,(H2,53,57)(H,55,65,66). The van der Waals surface area contributed by atoms with Crippen LogP contribution in [0.5, 0.6) is 5.75 Å². The highest BCUT2D eigenvalue weighted by molar-refractivity contribution is 6.06. The smallest absolute Gasteiger partial charge is 0.328 e. The van der Waals surface area contributed by atoms with Crippen LogP contribution in [0.25, 0.3) is 22.3 Å². The van der Waals surface area contributed by atoms with Gasteiger partial charge in [0.15, 0.2) is 5.82 Å². The lowest BCUT2D eigenvalue weighted by atomic mass is 9.67. The van der Waals surface area contributed by atoms with Crippen LogP contribution in [0.3, 0.4) is 0 Å². The summed E-state index contributed by atoms with van der Waals surface area (Å²) in [4.78, 5) is 40.7. The van der Waals surface area contributed by atoms with E-state index in [1.165, 1.54) is 31.2 Å². The van der Waals surface area contributed by atoms with E-state index >= 15 is 4.39 Å². The molecule has 1 saturated carbocycles. The van der Waals surface area contributed by atoms with Crippen molar-refractivity contribution in [2.75, 3.05) is 77.7 Å². The zero-order valence-corrected chi connectivity index (χ0v) is 38.0.